The van der Waals surface area contributed by atoms with Crippen molar-refractivity contribution in [2.75, 3.05) is 13.1 Å². The van der Waals surface area contributed by atoms with Gasteiger partial charge in [0.05, 0.1) is 10.5 Å². The molecule has 20 heavy (non-hydrogen) atoms. The Morgan fingerprint density at radius 3 is 1.90 bits per heavy atom. The Hall–Kier alpha value is -1.20. The van der Waals surface area contributed by atoms with E-state index in [4.69, 9.17) is 5.11 Å². The zero-order chi connectivity index (χ0) is 15.3. The molecule has 0 aliphatic heterocycles. The molecule has 0 saturated carbocycles. The Morgan fingerprint density at radius 2 is 1.55 bits per heavy atom. The first kappa shape index (κ1) is 16.9. The van der Waals surface area contributed by atoms with E-state index in [0.29, 0.717) is 16.7 Å². The van der Waals surface area contributed by atoms with Gasteiger partial charge in [-0.15, -0.1) is 0 Å². The van der Waals surface area contributed by atoms with Crippen LogP contribution in [0.3, 0.4) is 0 Å². The molecule has 1 atom stereocenters. The standard InChI is InChI=1S/C15H23NO3S/c1-11(2)9-16(10-12(3)4)20(19)14-7-5-13(6-8-14)15(17)18/h5-8,11-12H,9-10H2,1-4H3,(H,17,18). The largest absolute Gasteiger partial charge is 0.478 e. The topological polar surface area (TPSA) is 57.6 Å². The van der Waals surface area contributed by atoms with Crippen LogP contribution in [-0.4, -0.2) is 32.7 Å². The summed E-state index contributed by atoms with van der Waals surface area (Å²) in [5.74, 6) is -0.115. The van der Waals surface area contributed by atoms with E-state index in [2.05, 4.69) is 27.7 Å². The van der Waals surface area contributed by atoms with Gasteiger partial charge in [0.25, 0.3) is 0 Å². The Bertz CT molecular complexity index is 459. The van der Waals surface area contributed by atoms with Crippen molar-refractivity contribution in [2.24, 2.45) is 11.8 Å². The molecule has 0 aromatic heterocycles. The summed E-state index contributed by atoms with van der Waals surface area (Å²) in [5, 5.41) is 8.88. The highest BCUT2D eigenvalue weighted by molar-refractivity contribution is 7.82. The molecule has 0 heterocycles. The van der Waals surface area contributed by atoms with E-state index in [-0.39, 0.29) is 5.56 Å². The van der Waals surface area contributed by atoms with E-state index >= 15 is 0 Å². The summed E-state index contributed by atoms with van der Waals surface area (Å²) in [6, 6.07) is 6.26. The molecule has 1 N–H and O–H groups in total. The summed E-state index contributed by atoms with van der Waals surface area (Å²) >= 11 is 0. The van der Waals surface area contributed by atoms with Crippen LogP contribution < -0.4 is 0 Å². The van der Waals surface area contributed by atoms with Crippen molar-refractivity contribution in [3.63, 3.8) is 0 Å². The Balaban J connectivity index is 2.90. The molecule has 0 fully saturated rings. The maximum atomic E-state index is 12.6. The second-order valence-electron chi connectivity index (χ2n) is 5.71. The van der Waals surface area contributed by atoms with Gasteiger partial charge >= 0.3 is 5.97 Å². The van der Waals surface area contributed by atoms with Gasteiger partial charge in [-0.2, -0.15) is 0 Å². The minimum atomic E-state index is -1.24. The molecule has 1 unspecified atom stereocenters. The average molecular weight is 297 g/mol. The van der Waals surface area contributed by atoms with Crippen LogP contribution in [0, 0.1) is 11.8 Å². The second kappa shape index (κ2) is 7.55. The fraction of sp³-hybridized carbons (Fsp3) is 0.533. The fourth-order valence-corrected chi connectivity index (χ4v) is 3.42. The predicted octanol–water partition coefficient (Wildman–Crippen LogP) is 3.02. The molecular weight excluding hydrogens is 274 g/mol. The van der Waals surface area contributed by atoms with Crippen LogP contribution >= 0.6 is 0 Å². The van der Waals surface area contributed by atoms with Gasteiger partial charge in [0, 0.05) is 13.1 Å². The monoisotopic (exact) mass is 297 g/mol. The lowest BCUT2D eigenvalue weighted by molar-refractivity contribution is 0.0697. The smallest absolute Gasteiger partial charge is 0.335 e. The van der Waals surface area contributed by atoms with Crippen LogP contribution in [0.2, 0.25) is 0 Å². The number of carbonyl (C=O) groups is 1. The van der Waals surface area contributed by atoms with E-state index in [1.807, 2.05) is 4.31 Å². The van der Waals surface area contributed by atoms with Gasteiger partial charge in [0.2, 0.25) is 0 Å². The molecule has 1 rings (SSSR count). The van der Waals surface area contributed by atoms with E-state index in [9.17, 15) is 9.00 Å². The number of nitrogens with zero attached hydrogens (tertiary/aromatic N) is 1. The van der Waals surface area contributed by atoms with Crippen molar-refractivity contribution in [1.82, 2.24) is 4.31 Å². The molecule has 0 radical (unpaired) electrons. The second-order valence-corrected chi connectivity index (χ2v) is 7.20. The van der Waals surface area contributed by atoms with Gasteiger partial charge in [-0.25, -0.2) is 13.3 Å². The normalized spacial score (nSPS) is 13.2. The average Bonchev–Trinajstić information content (AvgIpc) is 2.36. The zero-order valence-corrected chi connectivity index (χ0v) is 13.3. The molecule has 0 aliphatic rings. The summed E-state index contributed by atoms with van der Waals surface area (Å²) in [7, 11) is -1.24. The lowest BCUT2D eigenvalue weighted by Gasteiger charge is -2.24. The number of carboxylic acids is 1. The summed E-state index contributed by atoms with van der Waals surface area (Å²) in [6.45, 7) is 9.89. The summed E-state index contributed by atoms with van der Waals surface area (Å²) in [6.07, 6.45) is 0. The summed E-state index contributed by atoms with van der Waals surface area (Å²) < 4.78 is 14.5. The molecule has 0 bridgehead atoms. The van der Waals surface area contributed by atoms with Crippen molar-refractivity contribution in [2.45, 2.75) is 32.6 Å². The number of hydrogen-bond donors (Lipinski definition) is 1. The first-order valence-electron chi connectivity index (χ1n) is 6.81. The predicted molar refractivity (Wildman–Crippen MR) is 81.1 cm³/mol. The highest BCUT2D eigenvalue weighted by Gasteiger charge is 2.18. The van der Waals surface area contributed by atoms with Gasteiger partial charge < -0.3 is 5.11 Å². The van der Waals surface area contributed by atoms with E-state index < -0.39 is 17.0 Å². The van der Waals surface area contributed by atoms with Crippen LogP contribution in [0.15, 0.2) is 29.2 Å². The van der Waals surface area contributed by atoms with Gasteiger partial charge in [-0.05, 0) is 36.1 Å². The Labute approximate surface area is 123 Å². The molecule has 4 nitrogen and oxygen atoms in total. The molecule has 0 saturated heterocycles. The highest BCUT2D eigenvalue weighted by atomic mass is 32.2. The lowest BCUT2D eigenvalue weighted by atomic mass is 10.2. The van der Waals surface area contributed by atoms with Gasteiger partial charge in [0.15, 0.2) is 0 Å². The molecule has 112 valence electrons. The Kier molecular flexibility index (Phi) is 6.36. The minimum absolute atomic E-state index is 0.213. The zero-order valence-electron chi connectivity index (χ0n) is 12.5. The van der Waals surface area contributed by atoms with Crippen LogP contribution in [0.1, 0.15) is 38.1 Å². The fourth-order valence-electron chi connectivity index (χ4n) is 1.89. The number of hydrogen-bond acceptors (Lipinski definition) is 2. The van der Waals surface area contributed by atoms with Crippen molar-refractivity contribution in [3.05, 3.63) is 29.8 Å². The van der Waals surface area contributed by atoms with Crippen LogP contribution in [0.4, 0.5) is 0 Å². The van der Waals surface area contributed by atoms with Gasteiger partial charge in [-0.3, -0.25) is 0 Å². The number of benzene rings is 1. The molecule has 0 amide bonds. The molecule has 0 aliphatic carbocycles. The molecule has 1 aromatic rings. The number of carboxylic acid groups (broad SMARTS) is 1. The molecule has 5 heteroatoms. The third-order valence-corrected chi connectivity index (χ3v) is 4.12. The van der Waals surface area contributed by atoms with Gasteiger partial charge in [-0.1, -0.05) is 27.7 Å². The van der Waals surface area contributed by atoms with Crippen molar-refractivity contribution in [1.29, 1.82) is 0 Å². The SMILES string of the molecule is CC(C)CN(CC(C)C)S(=O)c1ccc(C(=O)O)cc1. The molecule has 1 aromatic carbocycles. The quantitative estimate of drug-likeness (QED) is 0.841. The third-order valence-electron chi connectivity index (χ3n) is 2.67. The molecule has 0 spiro atoms. The first-order chi connectivity index (χ1) is 9.31. The van der Waals surface area contributed by atoms with Gasteiger partial charge in [0.1, 0.15) is 11.0 Å². The highest BCUT2D eigenvalue weighted by Crippen LogP contribution is 2.15. The molecular formula is C15H23NO3S. The number of aromatic carboxylic acids is 1. The lowest BCUT2D eigenvalue weighted by Crippen LogP contribution is -2.33. The van der Waals surface area contributed by atoms with E-state index in [1.165, 1.54) is 12.1 Å². The van der Waals surface area contributed by atoms with Crippen molar-refractivity contribution < 1.29 is 14.1 Å². The van der Waals surface area contributed by atoms with Crippen molar-refractivity contribution in [3.8, 4) is 0 Å². The minimum Gasteiger partial charge on any atom is -0.478 e. The Morgan fingerprint density at radius 1 is 1.10 bits per heavy atom. The summed E-state index contributed by atoms with van der Waals surface area (Å²) in [5.41, 5.74) is 0.213. The van der Waals surface area contributed by atoms with E-state index in [0.717, 1.165) is 13.1 Å². The maximum Gasteiger partial charge on any atom is 0.335 e. The maximum absolute atomic E-state index is 12.6. The number of rotatable bonds is 7. The third kappa shape index (κ3) is 5.06. The van der Waals surface area contributed by atoms with Crippen LogP contribution in [0.5, 0.6) is 0 Å². The first-order valence-corrected chi connectivity index (χ1v) is 7.92. The van der Waals surface area contributed by atoms with E-state index in [1.54, 1.807) is 12.1 Å². The van der Waals surface area contributed by atoms with Crippen LogP contribution in [0.25, 0.3) is 0 Å². The summed E-state index contributed by atoms with van der Waals surface area (Å²) in [4.78, 5) is 11.5. The van der Waals surface area contributed by atoms with Crippen LogP contribution in [-0.2, 0) is 11.0 Å². The van der Waals surface area contributed by atoms with Crippen molar-refractivity contribution >= 4 is 17.0 Å².